The number of methoxy groups -OCH3 is 1. The Morgan fingerprint density at radius 3 is 2.29 bits per heavy atom. The van der Waals surface area contributed by atoms with Crippen molar-refractivity contribution in [3.05, 3.63) is 48.0 Å². The van der Waals surface area contributed by atoms with E-state index in [1.807, 2.05) is 25.8 Å². The predicted molar refractivity (Wildman–Crippen MR) is 94.0 cm³/mol. The van der Waals surface area contributed by atoms with E-state index in [1.54, 1.807) is 30.3 Å². The molecule has 0 spiro atoms. The molecule has 0 aliphatic heterocycles. The second-order valence-electron chi connectivity index (χ2n) is 5.51. The summed E-state index contributed by atoms with van der Waals surface area (Å²) in [5.41, 5.74) is 7.52. The largest absolute Gasteiger partial charge is 0.496 e. The third-order valence-corrected chi connectivity index (χ3v) is 4.99. The Morgan fingerprint density at radius 2 is 1.75 bits per heavy atom. The van der Waals surface area contributed by atoms with Gasteiger partial charge in [0, 0.05) is 18.8 Å². The molecule has 0 amide bonds. The van der Waals surface area contributed by atoms with Gasteiger partial charge in [-0.05, 0) is 49.7 Å². The summed E-state index contributed by atoms with van der Waals surface area (Å²) in [6.45, 7) is 3.71. The molecule has 1 atom stereocenters. The fraction of sp³-hybridized carbons (Fsp3) is 0.294. The van der Waals surface area contributed by atoms with Crippen LogP contribution in [0.4, 0.5) is 5.69 Å². The van der Waals surface area contributed by atoms with Crippen molar-refractivity contribution in [2.45, 2.75) is 24.9 Å². The van der Waals surface area contributed by atoms with Gasteiger partial charge in [-0.25, -0.2) is 0 Å². The zero-order valence-corrected chi connectivity index (χ0v) is 15.0. The number of benzene rings is 2. The summed E-state index contributed by atoms with van der Waals surface area (Å²) in [7, 11) is -0.561. The number of nitrogens with two attached hydrogens (primary N) is 1. The lowest BCUT2D eigenvalue weighted by molar-refractivity contribution is 0.408. The summed E-state index contributed by atoms with van der Waals surface area (Å²) in [6, 6.07) is 11.2. The average Bonchev–Trinajstić information content (AvgIpc) is 2.55. The van der Waals surface area contributed by atoms with Crippen LogP contribution in [0.3, 0.4) is 0 Å². The van der Waals surface area contributed by atoms with Crippen molar-refractivity contribution >= 4 is 15.8 Å². The van der Waals surface area contributed by atoms with Crippen molar-refractivity contribution in [2.24, 2.45) is 5.73 Å². The highest BCUT2D eigenvalue weighted by molar-refractivity contribution is 7.87. The monoisotopic (exact) mass is 350 g/mol. The maximum absolute atomic E-state index is 12.4. The topological polar surface area (TPSA) is 81.9 Å². The number of ether oxygens (including phenoxy) is 1. The molecule has 130 valence electrons. The van der Waals surface area contributed by atoms with Crippen LogP contribution in [0, 0.1) is 6.92 Å². The van der Waals surface area contributed by atoms with Gasteiger partial charge in [0.2, 0.25) is 0 Å². The summed E-state index contributed by atoms with van der Waals surface area (Å²) in [4.78, 5) is 1.91. The zero-order valence-electron chi connectivity index (χ0n) is 14.2. The lowest BCUT2D eigenvalue weighted by atomic mass is 10.2. The van der Waals surface area contributed by atoms with E-state index in [4.69, 9.17) is 14.7 Å². The van der Waals surface area contributed by atoms with E-state index in [0.717, 1.165) is 11.3 Å². The Hall–Kier alpha value is -2.25. The third kappa shape index (κ3) is 3.98. The zero-order chi connectivity index (χ0) is 17.9. The summed E-state index contributed by atoms with van der Waals surface area (Å²) in [5, 5.41) is 0. The summed E-state index contributed by atoms with van der Waals surface area (Å²) in [6.07, 6.45) is -0.177. The van der Waals surface area contributed by atoms with Crippen LogP contribution in [0.1, 0.15) is 12.5 Å². The first-order valence-corrected chi connectivity index (χ1v) is 8.83. The van der Waals surface area contributed by atoms with Crippen LogP contribution < -0.4 is 19.6 Å². The van der Waals surface area contributed by atoms with Crippen molar-refractivity contribution in [3.8, 4) is 11.5 Å². The van der Waals surface area contributed by atoms with Crippen LogP contribution in [0.25, 0.3) is 0 Å². The molecule has 0 saturated carbocycles. The highest BCUT2D eigenvalue weighted by Crippen LogP contribution is 2.27. The molecule has 0 aliphatic rings. The molecule has 0 aliphatic carbocycles. The minimum atomic E-state index is -3.92. The molecule has 0 heterocycles. The Bertz CT molecular complexity index is 802. The first-order chi connectivity index (χ1) is 11.2. The molecular weight excluding hydrogens is 328 g/mol. The minimum absolute atomic E-state index is 0.0730. The number of rotatable bonds is 6. The van der Waals surface area contributed by atoms with Crippen LogP contribution in [0.5, 0.6) is 11.5 Å². The van der Waals surface area contributed by atoms with Gasteiger partial charge in [-0.2, -0.15) is 8.42 Å². The van der Waals surface area contributed by atoms with E-state index in [-0.39, 0.29) is 16.8 Å². The van der Waals surface area contributed by atoms with Gasteiger partial charge in [0.15, 0.2) is 0 Å². The van der Waals surface area contributed by atoms with E-state index < -0.39 is 10.1 Å². The number of nitrogens with zero attached hydrogens (tertiary/aromatic N) is 1. The van der Waals surface area contributed by atoms with Gasteiger partial charge >= 0.3 is 10.1 Å². The van der Waals surface area contributed by atoms with Gasteiger partial charge in [-0.3, -0.25) is 0 Å². The van der Waals surface area contributed by atoms with Crippen molar-refractivity contribution in [1.29, 1.82) is 0 Å². The lowest BCUT2D eigenvalue weighted by Crippen LogP contribution is -2.36. The summed E-state index contributed by atoms with van der Waals surface area (Å²) in [5.74, 6) is 0.769. The Morgan fingerprint density at radius 1 is 1.12 bits per heavy atom. The molecule has 6 nitrogen and oxygen atoms in total. The maximum atomic E-state index is 12.4. The molecule has 0 radical (unpaired) electrons. The number of hydrogen-bond acceptors (Lipinski definition) is 6. The molecule has 2 aromatic carbocycles. The molecule has 24 heavy (non-hydrogen) atoms. The van der Waals surface area contributed by atoms with Gasteiger partial charge in [0.25, 0.3) is 0 Å². The van der Waals surface area contributed by atoms with Crippen molar-refractivity contribution in [3.63, 3.8) is 0 Å². The van der Waals surface area contributed by atoms with E-state index >= 15 is 0 Å². The van der Waals surface area contributed by atoms with Gasteiger partial charge < -0.3 is 19.6 Å². The predicted octanol–water partition coefficient (Wildman–Crippen LogP) is 2.51. The van der Waals surface area contributed by atoms with Crippen molar-refractivity contribution < 1.29 is 17.3 Å². The van der Waals surface area contributed by atoms with Crippen molar-refractivity contribution in [2.75, 3.05) is 19.1 Å². The second kappa shape index (κ2) is 7.11. The van der Waals surface area contributed by atoms with Crippen LogP contribution in [0.15, 0.2) is 47.4 Å². The standard InChI is InChI=1S/C17H22N2O4S/c1-12-5-8-15(11-17(12)22-4)23-24(20,21)16-9-6-14(7-10-16)19(3)13(2)18/h5-11,13H,18H2,1-4H3. The third-order valence-electron chi connectivity index (χ3n) is 3.73. The molecule has 0 fully saturated rings. The average molecular weight is 350 g/mol. The molecule has 0 aromatic heterocycles. The normalized spacial score (nSPS) is 12.5. The molecular formula is C17H22N2O4S. The van der Waals surface area contributed by atoms with E-state index in [1.165, 1.54) is 19.2 Å². The SMILES string of the molecule is COc1cc(OS(=O)(=O)c2ccc(N(C)C(C)N)cc2)ccc1C. The highest BCUT2D eigenvalue weighted by Gasteiger charge is 2.18. The van der Waals surface area contributed by atoms with Crippen molar-refractivity contribution in [1.82, 2.24) is 0 Å². The van der Waals surface area contributed by atoms with Gasteiger partial charge in [0.1, 0.15) is 16.4 Å². The minimum Gasteiger partial charge on any atom is -0.496 e. The van der Waals surface area contributed by atoms with Crippen LogP contribution in [0.2, 0.25) is 0 Å². The Balaban J connectivity index is 2.24. The molecule has 1 unspecified atom stereocenters. The van der Waals surface area contributed by atoms with E-state index in [0.29, 0.717) is 5.75 Å². The highest BCUT2D eigenvalue weighted by atomic mass is 32.2. The van der Waals surface area contributed by atoms with Gasteiger partial charge in [-0.15, -0.1) is 0 Å². The lowest BCUT2D eigenvalue weighted by Gasteiger charge is -2.23. The van der Waals surface area contributed by atoms with Crippen LogP contribution in [-0.4, -0.2) is 28.7 Å². The molecule has 2 N–H and O–H groups in total. The quantitative estimate of drug-likeness (QED) is 0.637. The summed E-state index contributed by atoms with van der Waals surface area (Å²) < 4.78 is 35.2. The van der Waals surface area contributed by atoms with E-state index in [9.17, 15) is 8.42 Å². The smallest absolute Gasteiger partial charge is 0.339 e. The van der Waals surface area contributed by atoms with Crippen LogP contribution in [-0.2, 0) is 10.1 Å². The number of hydrogen-bond donors (Lipinski definition) is 1. The van der Waals surface area contributed by atoms with Gasteiger partial charge in [0.05, 0.1) is 13.3 Å². The fourth-order valence-corrected chi connectivity index (χ4v) is 3.03. The van der Waals surface area contributed by atoms with Gasteiger partial charge in [-0.1, -0.05) is 6.07 Å². The Labute approximate surface area is 142 Å². The van der Waals surface area contributed by atoms with Crippen LogP contribution >= 0.6 is 0 Å². The molecule has 2 aromatic rings. The molecule has 7 heteroatoms. The molecule has 2 rings (SSSR count). The molecule has 0 bridgehead atoms. The second-order valence-corrected chi connectivity index (χ2v) is 7.06. The molecule has 0 saturated heterocycles. The Kier molecular flexibility index (Phi) is 5.36. The van der Waals surface area contributed by atoms with E-state index in [2.05, 4.69) is 0 Å². The fourth-order valence-electron chi connectivity index (χ4n) is 2.11. The summed E-state index contributed by atoms with van der Waals surface area (Å²) >= 11 is 0. The first kappa shape index (κ1) is 18.1. The first-order valence-electron chi connectivity index (χ1n) is 7.42. The number of anilines is 1. The maximum Gasteiger partial charge on any atom is 0.339 e. The number of aryl methyl sites for hydroxylation is 1.